The standard InChI is InChI=1S/C14H18N2O2/c1-18-11-4-2-3-9(7-11)16-14(17)12-8-10-5-6-13(12)15-10/h2-4,7,10,12-13,15H,5-6,8H2,1H3,(H,16,17). The van der Waals surface area contributed by atoms with E-state index in [-0.39, 0.29) is 11.8 Å². The van der Waals surface area contributed by atoms with Crippen molar-refractivity contribution in [1.29, 1.82) is 0 Å². The van der Waals surface area contributed by atoms with Crippen LogP contribution in [0.1, 0.15) is 19.3 Å². The molecule has 0 radical (unpaired) electrons. The van der Waals surface area contributed by atoms with Crippen molar-refractivity contribution in [2.75, 3.05) is 12.4 Å². The Morgan fingerprint density at radius 2 is 2.33 bits per heavy atom. The van der Waals surface area contributed by atoms with E-state index in [0.29, 0.717) is 12.1 Å². The Balaban J connectivity index is 1.67. The topological polar surface area (TPSA) is 50.4 Å². The molecule has 3 unspecified atom stereocenters. The van der Waals surface area contributed by atoms with Crippen LogP contribution in [0.2, 0.25) is 0 Å². The SMILES string of the molecule is COc1cccc(NC(=O)C2CC3CCC2N3)c1. The van der Waals surface area contributed by atoms with Crippen LogP contribution in [-0.4, -0.2) is 25.1 Å². The second-order valence-electron chi connectivity index (χ2n) is 5.11. The minimum Gasteiger partial charge on any atom is -0.497 e. The summed E-state index contributed by atoms with van der Waals surface area (Å²) in [4.78, 5) is 12.2. The summed E-state index contributed by atoms with van der Waals surface area (Å²) >= 11 is 0. The lowest BCUT2D eigenvalue weighted by Crippen LogP contribution is -2.32. The summed E-state index contributed by atoms with van der Waals surface area (Å²) in [6.07, 6.45) is 3.31. The van der Waals surface area contributed by atoms with Gasteiger partial charge in [-0.2, -0.15) is 0 Å². The zero-order chi connectivity index (χ0) is 12.5. The molecule has 18 heavy (non-hydrogen) atoms. The van der Waals surface area contributed by atoms with Crippen molar-refractivity contribution < 1.29 is 9.53 Å². The summed E-state index contributed by atoms with van der Waals surface area (Å²) in [7, 11) is 1.63. The zero-order valence-electron chi connectivity index (χ0n) is 10.5. The number of nitrogens with one attached hydrogen (secondary N) is 2. The summed E-state index contributed by atoms with van der Waals surface area (Å²) in [5.41, 5.74) is 0.808. The number of hydrogen-bond acceptors (Lipinski definition) is 3. The van der Waals surface area contributed by atoms with Gasteiger partial charge in [0.05, 0.1) is 13.0 Å². The quantitative estimate of drug-likeness (QED) is 0.854. The highest BCUT2D eigenvalue weighted by Gasteiger charge is 2.42. The van der Waals surface area contributed by atoms with Crippen molar-refractivity contribution in [3.8, 4) is 5.75 Å². The van der Waals surface area contributed by atoms with E-state index in [1.54, 1.807) is 7.11 Å². The predicted octanol–water partition coefficient (Wildman–Crippen LogP) is 1.77. The minimum atomic E-state index is 0.120. The molecular weight excluding hydrogens is 228 g/mol. The molecule has 96 valence electrons. The molecule has 4 nitrogen and oxygen atoms in total. The molecule has 2 saturated heterocycles. The summed E-state index contributed by atoms with van der Waals surface area (Å²) in [5.74, 6) is 1.01. The van der Waals surface area contributed by atoms with E-state index in [9.17, 15) is 4.79 Å². The maximum atomic E-state index is 12.2. The number of fused-ring (bicyclic) bond motifs is 2. The maximum Gasteiger partial charge on any atom is 0.229 e. The lowest BCUT2D eigenvalue weighted by atomic mass is 9.88. The molecule has 4 heteroatoms. The van der Waals surface area contributed by atoms with Crippen LogP contribution in [0.4, 0.5) is 5.69 Å². The molecule has 3 rings (SSSR count). The summed E-state index contributed by atoms with van der Waals surface area (Å²) in [6, 6.07) is 8.42. The van der Waals surface area contributed by atoms with Gasteiger partial charge < -0.3 is 15.4 Å². The molecule has 3 atom stereocenters. The average Bonchev–Trinajstić information content (AvgIpc) is 3.01. The Morgan fingerprint density at radius 3 is 3.00 bits per heavy atom. The number of carbonyl (C=O) groups is 1. The first kappa shape index (κ1) is 11.5. The van der Waals surface area contributed by atoms with Crippen molar-refractivity contribution in [1.82, 2.24) is 5.32 Å². The van der Waals surface area contributed by atoms with E-state index in [1.165, 1.54) is 6.42 Å². The molecule has 1 amide bonds. The van der Waals surface area contributed by atoms with Gasteiger partial charge in [-0.15, -0.1) is 0 Å². The molecule has 1 aromatic rings. The Hall–Kier alpha value is -1.55. The van der Waals surface area contributed by atoms with Gasteiger partial charge in [-0.1, -0.05) is 6.07 Å². The number of benzene rings is 1. The van der Waals surface area contributed by atoms with E-state index in [2.05, 4.69) is 10.6 Å². The predicted molar refractivity (Wildman–Crippen MR) is 69.7 cm³/mol. The summed E-state index contributed by atoms with van der Waals surface area (Å²) in [6.45, 7) is 0. The van der Waals surface area contributed by atoms with Crippen LogP contribution in [0.25, 0.3) is 0 Å². The van der Waals surface area contributed by atoms with Crippen molar-refractivity contribution in [3.05, 3.63) is 24.3 Å². The van der Waals surface area contributed by atoms with Crippen LogP contribution in [-0.2, 0) is 4.79 Å². The Labute approximate surface area is 107 Å². The molecule has 2 fully saturated rings. The van der Waals surface area contributed by atoms with Gasteiger partial charge in [-0.3, -0.25) is 4.79 Å². The van der Waals surface area contributed by atoms with Gasteiger partial charge in [0, 0.05) is 23.8 Å². The molecule has 2 aliphatic rings. The third-order valence-electron chi connectivity index (χ3n) is 3.97. The van der Waals surface area contributed by atoms with Crippen molar-refractivity contribution in [2.24, 2.45) is 5.92 Å². The van der Waals surface area contributed by atoms with Gasteiger partial charge in [0.15, 0.2) is 0 Å². The van der Waals surface area contributed by atoms with Gasteiger partial charge in [-0.05, 0) is 31.4 Å². The average molecular weight is 246 g/mol. The van der Waals surface area contributed by atoms with Crippen LogP contribution < -0.4 is 15.4 Å². The molecule has 2 heterocycles. The molecule has 2 N–H and O–H groups in total. The van der Waals surface area contributed by atoms with E-state index in [4.69, 9.17) is 4.74 Å². The summed E-state index contributed by atoms with van der Waals surface area (Å²) in [5, 5.41) is 6.47. The van der Waals surface area contributed by atoms with Crippen molar-refractivity contribution in [3.63, 3.8) is 0 Å². The number of ether oxygens (including phenoxy) is 1. The van der Waals surface area contributed by atoms with E-state index >= 15 is 0 Å². The number of rotatable bonds is 3. The van der Waals surface area contributed by atoms with Gasteiger partial charge >= 0.3 is 0 Å². The highest BCUT2D eigenvalue weighted by Crippen LogP contribution is 2.34. The molecule has 2 aliphatic heterocycles. The molecular formula is C14H18N2O2. The zero-order valence-corrected chi connectivity index (χ0v) is 10.5. The van der Waals surface area contributed by atoms with Crippen LogP contribution in [0.3, 0.4) is 0 Å². The number of carbonyl (C=O) groups excluding carboxylic acids is 1. The number of anilines is 1. The first-order valence-electron chi connectivity index (χ1n) is 6.47. The highest BCUT2D eigenvalue weighted by molar-refractivity contribution is 5.93. The lowest BCUT2D eigenvalue weighted by Gasteiger charge is -2.19. The lowest BCUT2D eigenvalue weighted by molar-refractivity contribution is -0.120. The molecule has 0 aliphatic carbocycles. The Bertz CT molecular complexity index is 461. The van der Waals surface area contributed by atoms with Gasteiger partial charge in [0.2, 0.25) is 5.91 Å². The normalized spacial score (nSPS) is 29.3. The fourth-order valence-corrected chi connectivity index (χ4v) is 3.05. The molecule has 0 spiro atoms. The number of methoxy groups -OCH3 is 1. The first-order valence-corrected chi connectivity index (χ1v) is 6.47. The van der Waals surface area contributed by atoms with Gasteiger partial charge in [-0.25, -0.2) is 0 Å². The van der Waals surface area contributed by atoms with Crippen molar-refractivity contribution >= 4 is 11.6 Å². The maximum absolute atomic E-state index is 12.2. The van der Waals surface area contributed by atoms with E-state index in [1.807, 2.05) is 24.3 Å². The molecule has 2 bridgehead atoms. The van der Waals surface area contributed by atoms with Crippen LogP contribution in [0.5, 0.6) is 5.75 Å². The first-order chi connectivity index (χ1) is 8.76. The molecule has 0 saturated carbocycles. The largest absolute Gasteiger partial charge is 0.497 e. The second kappa shape index (κ2) is 4.61. The third kappa shape index (κ3) is 2.08. The van der Waals surface area contributed by atoms with Gasteiger partial charge in [0.1, 0.15) is 5.75 Å². The smallest absolute Gasteiger partial charge is 0.229 e. The minimum absolute atomic E-state index is 0.120. The molecule has 1 aromatic carbocycles. The summed E-state index contributed by atoms with van der Waals surface area (Å²) < 4.78 is 5.15. The molecule has 0 aromatic heterocycles. The number of hydrogen-bond donors (Lipinski definition) is 2. The fourth-order valence-electron chi connectivity index (χ4n) is 3.05. The number of amides is 1. The third-order valence-corrected chi connectivity index (χ3v) is 3.97. The van der Waals surface area contributed by atoms with E-state index in [0.717, 1.165) is 24.3 Å². The highest BCUT2D eigenvalue weighted by atomic mass is 16.5. The fraction of sp³-hybridized carbons (Fsp3) is 0.500. The van der Waals surface area contributed by atoms with Crippen molar-refractivity contribution in [2.45, 2.75) is 31.3 Å². The Kier molecular flexibility index (Phi) is 2.96. The van der Waals surface area contributed by atoms with Crippen LogP contribution in [0, 0.1) is 5.92 Å². The van der Waals surface area contributed by atoms with Crippen LogP contribution >= 0.6 is 0 Å². The van der Waals surface area contributed by atoms with E-state index < -0.39 is 0 Å². The van der Waals surface area contributed by atoms with Crippen LogP contribution in [0.15, 0.2) is 24.3 Å². The second-order valence-corrected chi connectivity index (χ2v) is 5.11. The van der Waals surface area contributed by atoms with Gasteiger partial charge in [0.25, 0.3) is 0 Å². The monoisotopic (exact) mass is 246 g/mol. The Morgan fingerprint density at radius 1 is 1.44 bits per heavy atom.